The van der Waals surface area contributed by atoms with Crippen molar-refractivity contribution in [3.05, 3.63) is 54.7 Å². The van der Waals surface area contributed by atoms with Gasteiger partial charge in [-0.25, -0.2) is 15.0 Å². The van der Waals surface area contributed by atoms with Gasteiger partial charge in [0.15, 0.2) is 5.76 Å². The zero-order chi connectivity index (χ0) is 25.9. The third-order valence-electron chi connectivity index (χ3n) is 4.78. The summed E-state index contributed by atoms with van der Waals surface area (Å²) in [5, 5.41) is 22.0. The summed E-state index contributed by atoms with van der Waals surface area (Å²) >= 11 is 0. The highest BCUT2D eigenvalue weighted by Gasteiger charge is 2.48. The van der Waals surface area contributed by atoms with E-state index >= 15 is 0 Å². The molecular weight excluding hydrogens is 412 g/mol. The lowest BCUT2D eigenvalue weighted by Crippen LogP contribution is -2.35. The zero-order valence-corrected chi connectivity index (χ0v) is 17.0. The summed E-state index contributed by atoms with van der Waals surface area (Å²) in [5.74, 6) is -1.38. The lowest BCUT2D eigenvalue weighted by Gasteiger charge is -2.16. The van der Waals surface area contributed by atoms with Crippen LogP contribution in [0.15, 0.2) is 53.4 Å². The van der Waals surface area contributed by atoms with Crippen molar-refractivity contribution in [2.24, 2.45) is 7.05 Å². The molecule has 11 heteroatoms. The number of nitrogens with zero attached hydrogens (tertiary/aromatic N) is 7. The van der Waals surface area contributed by atoms with Crippen molar-refractivity contribution < 1.29 is 19.9 Å². The molecule has 5 rings (SSSR count). The Balaban J connectivity index is 1.46. The van der Waals surface area contributed by atoms with Crippen LogP contribution in [0.1, 0.15) is 17.6 Å². The highest BCUT2D eigenvalue weighted by atomic mass is 16.5. The van der Waals surface area contributed by atoms with Crippen LogP contribution in [0.4, 0.5) is 11.6 Å². The third-order valence-corrected chi connectivity index (χ3v) is 4.78. The molecule has 1 fully saturated rings. The zero-order valence-electron chi connectivity index (χ0n) is 21.0. The first kappa shape index (κ1) is 15.6. The van der Waals surface area contributed by atoms with E-state index in [9.17, 15) is 9.90 Å². The first-order chi connectivity index (χ1) is 16.9. The number of hydrogen-bond donors (Lipinski definition) is 2. The second kappa shape index (κ2) is 7.54. The molecule has 0 saturated carbocycles. The average Bonchev–Trinajstić information content (AvgIpc) is 3.53. The van der Waals surface area contributed by atoms with E-state index in [1.54, 1.807) is 54.6 Å². The van der Waals surface area contributed by atoms with Crippen LogP contribution >= 0.6 is 0 Å². The molecule has 0 bridgehead atoms. The predicted octanol–water partition coefficient (Wildman–Crippen LogP) is 1.72. The standard InChI is InChI=1S/C21H20N8O3/c1-28-9-7-21(31,19(28)30)18-10-17(27-32-18)15-5-3-4-14(25-15)16-6-8-22-20(26-16)24-13-11-23-29(2)12-13/h3-6,8,10-12,31H,7,9H2,1-2H3,(H,22,24,26)/t21-/m1/s1/i7D2,9D2. The van der Waals surface area contributed by atoms with Crippen molar-refractivity contribution in [3.8, 4) is 22.8 Å². The Bertz CT molecular complexity index is 1470. The molecule has 4 aromatic rings. The van der Waals surface area contributed by atoms with Gasteiger partial charge >= 0.3 is 0 Å². The van der Waals surface area contributed by atoms with Crippen LogP contribution in [-0.4, -0.2) is 59.3 Å². The fourth-order valence-corrected chi connectivity index (χ4v) is 3.14. The number of rotatable bonds is 5. The molecule has 1 amide bonds. The van der Waals surface area contributed by atoms with Gasteiger partial charge in [0.25, 0.3) is 5.91 Å². The number of likely N-dealkylation sites (tertiary alicyclic amines) is 1. The Kier molecular flexibility index (Phi) is 3.68. The second-order valence-electron chi connectivity index (χ2n) is 7.09. The molecule has 2 N–H and O–H groups in total. The summed E-state index contributed by atoms with van der Waals surface area (Å²) in [6.07, 6.45) is 1.95. The van der Waals surface area contributed by atoms with Gasteiger partial charge in [-0.3, -0.25) is 9.48 Å². The van der Waals surface area contributed by atoms with Crippen molar-refractivity contribution in [1.29, 1.82) is 0 Å². The molecule has 1 aliphatic heterocycles. The maximum absolute atomic E-state index is 12.7. The highest BCUT2D eigenvalue weighted by molar-refractivity contribution is 5.87. The Morgan fingerprint density at radius 2 is 1.97 bits per heavy atom. The smallest absolute Gasteiger partial charge is 0.262 e. The first-order valence-electron chi connectivity index (χ1n) is 11.5. The summed E-state index contributed by atoms with van der Waals surface area (Å²) in [6, 6.07) is 7.87. The Hall–Kier alpha value is -4.12. The summed E-state index contributed by atoms with van der Waals surface area (Å²) in [6.45, 7) is -2.78. The van der Waals surface area contributed by atoms with Gasteiger partial charge in [-0.15, -0.1) is 0 Å². The molecule has 4 aromatic heterocycles. The van der Waals surface area contributed by atoms with Crippen LogP contribution in [-0.2, 0) is 17.4 Å². The first-order valence-corrected chi connectivity index (χ1v) is 9.49. The van der Waals surface area contributed by atoms with Crippen LogP contribution in [0.3, 0.4) is 0 Å². The van der Waals surface area contributed by atoms with Gasteiger partial charge in [-0.1, -0.05) is 11.2 Å². The normalized spacial score (nSPS) is 23.3. The van der Waals surface area contributed by atoms with Crippen LogP contribution in [0.2, 0.25) is 0 Å². The lowest BCUT2D eigenvalue weighted by molar-refractivity contribution is -0.144. The average molecular weight is 436 g/mol. The fourth-order valence-electron chi connectivity index (χ4n) is 3.14. The Morgan fingerprint density at radius 1 is 1.19 bits per heavy atom. The van der Waals surface area contributed by atoms with Crippen LogP contribution < -0.4 is 5.32 Å². The number of aryl methyl sites for hydroxylation is 1. The van der Waals surface area contributed by atoms with E-state index in [1.807, 2.05) is 0 Å². The number of carbonyl (C=O) groups excluding carboxylic acids is 1. The van der Waals surface area contributed by atoms with E-state index in [4.69, 9.17) is 10.0 Å². The number of anilines is 2. The number of nitrogens with one attached hydrogen (secondary N) is 1. The van der Waals surface area contributed by atoms with Gasteiger partial charge in [0.05, 0.1) is 29.0 Å². The summed E-state index contributed by atoms with van der Waals surface area (Å²) < 4.78 is 39.0. The Morgan fingerprint density at radius 3 is 2.69 bits per heavy atom. The second-order valence-corrected chi connectivity index (χ2v) is 7.09. The van der Waals surface area contributed by atoms with E-state index in [0.29, 0.717) is 33.6 Å². The number of carbonyl (C=O) groups is 1. The maximum Gasteiger partial charge on any atom is 0.262 e. The summed E-state index contributed by atoms with van der Waals surface area (Å²) in [5.41, 5.74) is -0.821. The molecule has 0 radical (unpaired) electrons. The van der Waals surface area contributed by atoms with Crippen molar-refractivity contribution in [2.45, 2.75) is 12.0 Å². The van der Waals surface area contributed by atoms with E-state index in [2.05, 4.69) is 30.5 Å². The van der Waals surface area contributed by atoms with Crippen molar-refractivity contribution >= 4 is 17.5 Å². The molecule has 0 aliphatic carbocycles. The fraction of sp³-hybridized carbons (Fsp3) is 0.238. The van der Waals surface area contributed by atoms with Gasteiger partial charge in [-0.2, -0.15) is 5.10 Å². The maximum atomic E-state index is 12.7. The summed E-state index contributed by atoms with van der Waals surface area (Å²) in [4.78, 5) is 26.4. The number of amides is 1. The molecule has 0 unspecified atom stereocenters. The molecule has 1 saturated heterocycles. The van der Waals surface area contributed by atoms with E-state index < -0.39 is 30.1 Å². The Labute approximate surface area is 188 Å². The van der Waals surface area contributed by atoms with Crippen molar-refractivity contribution in [1.82, 2.24) is 34.8 Å². The SMILES string of the molecule is [2H]C1([2H])N(C)C(=O)[C@](O)(c2cc(-c3cccc(-c4ccnc(Nc5cnn(C)c5)n4)n3)no2)C1([2H])[2H]. The van der Waals surface area contributed by atoms with Gasteiger partial charge in [-0.05, 0) is 18.2 Å². The van der Waals surface area contributed by atoms with E-state index in [0.717, 1.165) is 7.05 Å². The van der Waals surface area contributed by atoms with E-state index in [-0.39, 0.29) is 5.69 Å². The number of aliphatic hydroxyl groups is 1. The minimum atomic E-state index is -3.02. The van der Waals surface area contributed by atoms with Gasteiger partial charge in [0, 0.05) is 50.9 Å². The van der Waals surface area contributed by atoms with Crippen molar-refractivity contribution in [2.75, 3.05) is 18.9 Å². The van der Waals surface area contributed by atoms with Crippen LogP contribution in [0, 0.1) is 0 Å². The van der Waals surface area contributed by atoms with Gasteiger partial charge < -0.3 is 19.8 Å². The predicted molar refractivity (Wildman–Crippen MR) is 113 cm³/mol. The number of likely N-dealkylation sites (N-methyl/N-ethyl adjacent to an activating group) is 1. The largest absolute Gasteiger partial charge is 0.373 e. The number of pyridine rings is 1. The van der Waals surface area contributed by atoms with Crippen LogP contribution in [0.5, 0.6) is 0 Å². The summed E-state index contributed by atoms with van der Waals surface area (Å²) in [7, 11) is 2.86. The minimum absolute atomic E-state index is 0.113. The van der Waals surface area contributed by atoms with Crippen molar-refractivity contribution in [3.63, 3.8) is 0 Å². The monoisotopic (exact) mass is 436 g/mol. The highest BCUT2D eigenvalue weighted by Crippen LogP contribution is 2.34. The third kappa shape index (κ3) is 3.48. The van der Waals surface area contributed by atoms with Gasteiger partial charge in [0.2, 0.25) is 11.5 Å². The van der Waals surface area contributed by atoms with E-state index in [1.165, 1.54) is 6.07 Å². The molecule has 1 atom stereocenters. The van der Waals surface area contributed by atoms with Crippen LogP contribution in [0.25, 0.3) is 22.8 Å². The molecule has 1 aliphatic rings. The number of aromatic nitrogens is 6. The molecule has 32 heavy (non-hydrogen) atoms. The van der Waals surface area contributed by atoms with Gasteiger partial charge in [0.1, 0.15) is 5.69 Å². The molecule has 0 aromatic carbocycles. The lowest BCUT2D eigenvalue weighted by atomic mass is 9.98. The molecule has 0 spiro atoms. The molecule has 5 heterocycles. The topological polar surface area (TPSA) is 135 Å². The molecular formula is C21H20N8O3. The number of hydrogen-bond acceptors (Lipinski definition) is 9. The molecule has 11 nitrogen and oxygen atoms in total. The quantitative estimate of drug-likeness (QED) is 0.479. The minimum Gasteiger partial charge on any atom is -0.373 e. The molecule has 162 valence electrons.